The lowest BCUT2D eigenvalue weighted by Crippen LogP contribution is -2.21. The molecule has 8 heteroatoms. The number of carbonyl (C=O) groups is 2. The van der Waals surface area contributed by atoms with Crippen LogP contribution in [0.1, 0.15) is 27.6 Å². The number of H-pyrrole nitrogens is 1. The number of carbonyl (C=O) groups excluding carboxylic acids is 2. The predicted molar refractivity (Wildman–Crippen MR) is 125 cm³/mol. The molecule has 1 heterocycles. The fourth-order valence-corrected chi connectivity index (χ4v) is 3.58. The molecular weight excluding hydrogens is 426 g/mol. The second-order valence-electron chi connectivity index (χ2n) is 6.92. The second-order valence-corrected chi connectivity index (χ2v) is 7.31. The van der Waals surface area contributed by atoms with Crippen LogP contribution in [0, 0.1) is 4.77 Å². The summed E-state index contributed by atoms with van der Waals surface area (Å²) in [4.78, 5) is 40.5. The number of aromatic nitrogens is 2. The van der Waals surface area contributed by atoms with Gasteiger partial charge < -0.3 is 15.0 Å². The summed E-state index contributed by atoms with van der Waals surface area (Å²) >= 11 is 5.38. The number of aromatic amines is 1. The first-order valence-corrected chi connectivity index (χ1v) is 10.3. The monoisotopic (exact) mass is 445 g/mol. The van der Waals surface area contributed by atoms with E-state index in [0.717, 1.165) is 0 Å². The van der Waals surface area contributed by atoms with Gasteiger partial charge in [-0.1, -0.05) is 18.2 Å². The van der Waals surface area contributed by atoms with E-state index in [1.807, 2.05) is 18.2 Å². The summed E-state index contributed by atoms with van der Waals surface area (Å²) in [7, 11) is 0. The summed E-state index contributed by atoms with van der Waals surface area (Å²) in [5.74, 6) is -0.779. The van der Waals surface area contributed by atoms with Crippen molar-refractivity contribution in [2.45, 2.75) is 6.92 Å². The average Bonchev–Trinajstić information content (AvgIpc) is 2.80. The predicted octanol–water partition coefficient (Wildman–Crippen LogP) is 4.48. The Balaban J connectivity index is 1.61. The SMILES string of the molecule is CCOC(=O)c1ccc(NC(=O)c2ccc3c(=O)n(-c4ccccc4)c(=S)[nH]c3c2)cc1. The van der Waals surface area contributed by atoms with Crippen LogP contribution in [-0.2, 0) is 4.74 Å². The van der Waals surface area contributed by atoms with Gasteiger partial charge in [-0.2, -0.15) is 0 Å². The molecule has 0 bridgehead atoms. The van der Waals surface area contributed by atoms with Gasteiger partial charge in [0.2, 0.25) is 0 Å². The molecule has 7 nitrogen and oxygen atoms in total. The minimum Gasteiger partial charge on any atom is -0.462 e. The quantitative estimate of drug-likeness (QED) is 0.349. The largest absolute Gasteiger partial charge is 0.462 e. The van der Waals surface area contributed by atoms with Crippen LogP contribution in [0.2, 0.25) is 0 Å². The number of anilines is 1. The molecule has 0 aliphatic rings. The summed E-state index contributed by atoms with van der Waals surface area (Å²) in [6.45, 7) is 2.03. The number of para-hydroxylation sites is 1. The number of ether oxygens (including phenoxy) is 1. The van der Waals surface area contributed by atoms with Crippen LogP contribution in [0.15, 0.2) is 77.6 Å². The Morgan fingerprint density at radius 2 is 1.69 bits per heavy atom. The number of nitrogens with one attached hydrogen (secondary N) is 2. The Kier molecular flexibility index (Phi) is 5.96. The maximum absolute atomic E-state index is 13.0. The van der Waals surface area contributed by atoms with E-state index in [-0.39, 0.29) is 16.2 Å². The Hall–Kier alpha value is -4.04. The van der Waals surface area contributed by atoms with Gasteiger partial charge in [-0.3, -0.25) is 14.2 Å². The maximum Gasteiger partial charge on any atom is 0.338 e. The molecule has 0 fully saturated rings. The van der Waals surface area contributed by atoms with E-state index in [9.17, 15) is 14.4 Å². The third kappa shape index (κ3) is 4.21. The third-order valence-corrected chi connectivity index (χ3v) is 5.11. The van der Waals surface area contributed by atoms with Crippen molar-refractivity contribution >= 4 is 40.7 Å². The van der Waals surface area contributed by atoms with Gasteiger partial charge in [0.25, 0.3) is 11.5 Å². The smallest absolute Gasteiger partial charge is 0.338 e. The van der Waals surface area contributed by atoms with Gasteiger partial charge in [0.05, 0.1) is 28.8 Å². The normalized spacial score (nSPS) is 10.7. The molecule has 1 amide bonds. The molecule has 160 valence electrons. The van der Waals surface area contributed by atoms with E-state index < -0.39 is 5.97 Å². The van der Waals surface area contributed by atoms with E-state index in [1.165, 1.54) is 4.57 Å². The lowest BCUT2D eigenvalue weighted by Gasteiger charge is -2.10. The summed E-state index contributed by atoms with van der Waals surface area (Å²) in [6, 6.07) is 20.3. The number of esters is 1. The first kappa shape index (κ1) is 21.2. The fourth-order valence-electron chi connectivity index (χ4n) is 3.28. The number of nitrogens with zero attached hydrogens (tertiary/aromatic N) is 1. The van der Waals surface area contributed by atoms with Crippen LogP contribution in [0.5, 0.6) is 0 Å². The highest BCUT2D eigenvalue weighted by Gasteiger charge is 2.12. The molecule has 0 saturated carbocycles. The standard InChI is InChI=1S/C24H19N3O4S/c1-2-31-23(30)15-8-11-17(12-9-15)25-21(28)16-10-13-19-20(14-16)26-24(32)27(22(19)29)18-6-4-3-5-7-18/h3-14H,2H2,1H3,(H,25,28)(H,26,32). The van der Waals surface area contributed by atoms with Crippen molar-refractivity contribution in [3.05, 3.63) is 99.0 Å². The Labute approximate surface area is 188 Å². The number of amides is 1. The number of rotatable bonds is 5. The molecule has 1 aromatic heterocycles. The molecule has 4 rings (SSSR count). The van der Waals surface area contributed by atoms with Crippen LogP contribution in [-0.4, -0.2) is 28.0 Å². The van der Waals surface area contributed by atoms with Crippen molar-refractivity contribution in [2.24, 2.45) is 0 Å². The fraction of sp³-hybridized carbons (Fsp3) is 0.0833. The second kappa shape index (κ2) is 8.99. The zero-order valence-electron chi connectivity index (χ0n) is 17.1. The number of hydrogen-bond donors (Lipinski definition) is 2. The highest BCUT2D eigenvalue weighted by atomic mass is 32.1. The molecule has 0 aliphatic heterocycles. The van der Waals surface area contributed by atoms with Crippen LogP contribution in [0.3, 0.4) is 0 Å². The van der Waals surface area contributed by atoms with Crippen LogP contribution in [0.25, 0.3) is 16.6 Å². The van der Waals surface area contributed by atoms with Crippen LogP contribution in [0.4, 0.5) is 5.69 Å². The van der Waals surface area contributed by atoms with Gasteiger partial charge in [-0.15, -0.1) is 0 Å². The van der Waals surface area contributed by atoms with Crippen molar-refractivity contribution < 1.29 is 14.3 Å². The molecule has 0 unspecified atom stereocenters. The molecule has 0 aliphatic carbocycles. The van der Waals surface area contributed by atoms with Gasteiger partial charge in [0.15, 0.2) is 4.77 Å². The zero-order valence-corrected chi connectivity index (χ0v) is 17.9. The minimum atomic E-state index is -0.420. The van der Waals surface area contributed by atoms with E-state index in [2.05, 4.69) is 10.3 Å². The molecule has 0 radical (unpaired) electrons. The van der Waals surface area contributed by atoms with E-state index >= 15 is 0 Å². The summed E-state index contributed by atoms with van der Waals surface area (Å²) in [5, 5.41) is 3.19. The van der Waals surface area contributed by atoms with Gasteiger partial charge in [0, 0.05) is 11.3 Å². The Morgan fingerprint density at radius 3 is 2.38 bits per heavy atom. The number of hydrogen-bond acceptors (Lipinski definition) is 5. The highest BCUT2D eigenvalue weighted by molar-refractivity contribution is 7.71. The molecular formula is C24H19N3O4S. The first-order chi connectivity index (χ1) is 15.5. The summed E-state index contributed by atoms with van der Waals surface area (Å²) < 4.78 is 6.61. The van der Waals surface area contributed by atoms with Gasteiger partial charge in [-0.25, -0.2) is 4.79 Å². The molecule has 0 spiro atoms. The molecule has 3 aromatic carbocycles. The lowest BCUT2D eigenvalue weighted by atomic mass is 10.1. The molecule has 0 atom stereocenters. The van der Waals surface area contributed by atoms with Gasteiger partial charge in [-0.05, 0) is 73.7 Å². The van der Waals surface area contributed by atoms with Crippen molar-refractivity contribution in [3.63, 3.8) is 0 Å². The number of benzene rings is 3. The van der Waals surface area contributed by atoms with Crippen LogP contribution < -0.4 is 10.9 Å². The maximum atomic E-state index is 13.0. The average molecular weight is 446 g/mol. The summed E-state index contributed by atoms with van der Waals surface area (Å²) in [6.07, 6.45) is 0. The molecule has 0 saturated heterocycles. The van der Waals surface area contributed by atoms with Crippen molar-refractivity contribution in [1.29, 1.82) is 0 Å². The number of fused-ring (bicyclic) bond motifs is 1. The van der Waals surface area contributed by atoms with Gasteiger partial charge in [0.1, 0.15) is 0 Å². The first-order valence-electron chi connectivity index (χ1n) is 9.91. The molecule has 4 aromatic rings. The lowest BCUT2D eigenvalue weighted by molar-refractivity contribution is 0.0526. The minimum absolute atomic E-state index is 0.237. The van der Waals surface area contributed by atoms with E-state index in [1.54, 1.807) is 61.5 Å². The molecule has 2 N–H and O–H groups in total. The van der Waals surface area contributed by atoms with E-state index in [4.69, 9.17) is 17.0 Å². The van der Waals surface area contributed by atoms with E-state index in [0.29, 0.717) is 40.0 Å². The Bertz CT molecular complexity index is 1420. The molecule has 32 heavy (non-hydrogen) atoms. The van der Waals surface area contributed by atoms with Crippen molar-refractivity contribution in [1.82, 2.24) is 9.55 Å². The Morgan fingerprint density at radius 1 is 1.00 bits per heavy atom. The highest BCUT2D eigenvalue weighted by Crippen LogP contribution is 2.16. The summed E-state index contributed by atoms with van der Waals surface area (Å²) in [5.41, 5.74) is 2.14. The van der Waals surface area contributed by atoms with Gasteiger partial charge >= 0.3 is 5.97 Å². The van der Waals surface area contributed by atoms with Crippen molar-refractivity contribution in [3.8, 4) is 5.69 Å². The third-order valence-electron chi connectivity index (χ3n) is 4.83. The van der Waals surface area contributed by atoms with Crippen LogP contribution >= 0.6 is 12.2 Å². The zero-order chi connectivity index (χ0) is 22.7. The van der Waals surface area contributed by atoms with Crippen molar-refractivity contribution in [2.75, 3.05) is 11.9 Å². The topological polar surface area (TPSA) is 93.2 Å².